The third kappa shape index (κ3) is 1.66. The van der Waals surface area contributed by atoms with Crippen molar-refractivity contribution in [3.05, 3.63) is 15.1 Å². The fourth-order valence-electron chi connectivity index (χ4n) is 1.87. The monoisotopic (exact) mass is 253 g/mol. The topological polar surface area (TPSA) is 81.6 Å². The molecule has 0 saturated carbocycles. The average molecular weight is 253 g/mol. The molecule has 0 aliphatic rings. The normalized spacial score (nSPS) is 12.2. The first kappa shape index (κ1) is 11.8. The van der Waals surface area contributed by atoms with Crippen LogP contribution in [0, 0.1) is 4.77 Å². The standard InChI is InChI=1S/C10H15N5OS/c1-10(2,3)15-6-5(14(4)9(15)17)7(16)13-8(11)12-6/h1-4H3,(H3,11,12,13,16). The molecule has 7 heteroatoms. The van der Waals surface area contributed by atoms with E-state index in [0.29, 0.717) is 15.9 Å². The molecule has 6 nitrogen and oxygen atoms in total. The van der Waals surface area contributed by atoms with Crippen LogP contribution in [0.15, 0.2) is 4.79 Å². The van der Waals surface area contributed by atoms with Crippen molar-refractivity contribution >= 4 is 29.3 Å². The summed E-state index contributed by atoms with van der Waals surface area (Å²) >= 11 is 5.34. The number of nitrogens with two attached hydrogens (primary N) is 1. The first-order valence-electron chi connectivity index (χ1n) is 5.21. The van der Waals surface area contributed by atoms with E-state index in [0.717, 1.165) is 0 Å². The van der Waals surface area contributed by atoms with E-state index in [-0.39, 0.29) is 17.0 Å². The molecule has 0 saturated heterocycles. The second-order valence-corrected chi connectivity index (χ2v) is 5.34. The van der Waals surface area contributed by atoms with Gasteiger partial charge in [-0.2, -0.15) is 4.98 Å². The quantitative estimate of drug-likeness (QED) is 0.690. The van der Waals surface area contributed by atoms with E-state index in [1.54, 1.807) is 11.6 Å². The predicted molar refractivity (Wildman–Crippen MR) is 69.6 cm³/mol. The zero-order valence-corrected chi connectivity index (χ0v) is 11.1. The van der Waals surface area contributed by atoms with Crippen molar-refractivity contribution in [2.24, 2.45) is 7.05 Å². The number of imidazole rings is 1. The Morgan fingerprint density at radius 2 is 2.00 bits per heavy atom. The number of fused-ring (bicyclic) bond motifs is 1. The van der Waals surface area contributed by atoms with Gasteiger partial charge < -0.3 is 10.3 Å². The molecular formula is C10H15N5OS. The summed E-state index contributed by atoms with van der Waals surface area (Å²) in [6, 6.07) is 0. The molecule has 0 aromatic carbocycles. The van der Waals surface area contributed by atoms with Crippen molar-refractivity contribution in [3.8, 4) is 0 Å². The Bertz CT molecular complexity index is 700. The van der Waals surface area contributed by atoms with E-state index in [1.807, 2.05) is 25.3 Å². The predicted octanol–water partition coefficient (Wildman–Crippen LogP) is 1.13. The Hall–Kier alpha value is -1.63. The van der Waals surface area contributed by atoms with Crippen molar-refractivity contribution in [2.45, 2.75) is 26.3 Å². The second-order valence-electron chi connectivity index (χ2n) is 4.97. The summed E-state index contributed by atoms with van der Waals surface area (Å²) in [4.78, 5) is 18.5. The van der Waals surface area contributed by atoms with Crippen LogP contribution in [0.1, 0.15) is 20.8 Å². The van der Waals surface area contributed by atoms with Gasteiger partial charge in [-0.25, -0.2) is 0 Å². The van der Waals surface area contributed by atoms with Gasteiger partial charge in [0.1, 0.15) is 0 Å². The van der Waals surface area contributed by atoms with Crippen LogP contribution in [0.4, 0.5) is 5.95 Å². The molecule has 0 bridgehead atoms. The molecule has 2 rings (SSSR count). The number of hydrogen-bond donors (Lipinski definition) is 2. The zero-order valence-electron chi connectivity index (χ0n) is 10.2. The highest BCUT2D eigenvalue weighted by Gasteiger charge is 2.22. The van der Waals surface area contributed by atoms with E-state index in [1.165, 1.54) is 0 Å². The van der Waals surface area contributed by atoms with Gasteiger partial charge in [-0.05, 0) is 33.0 Å². The molecule has 0 aliphatic carbocycles. The molecule has 0 spiro atoms. The van der Waals surface area contributed by atoms with Gasteiger partial charge in [0.25, 0.3) is 5.56 Å². The molecule has 0 unspecified atom stereocenters. The number of rotatable bonds is 0. The highest BCUT2D eigenvalue weighted by molar-refractivity contribution is 7.71. The summed E-state index contributed by atoms with van der Waals surface area (Å²) in [5, 5.41) is 0. The Morgan fingerprint density at radius 3 is 2.53 bits per heavy atom. The Kier molecular flexibility index (Phi) is 2.39. The third-order valence-corrected chi connectivity index (χ3v) is 3.05. The first-order valence-corrected chi connectivity index (χ1v) is 5.62. The number of nitrogens with zero attached hydrogens (tertiary/aromatic N) is 3. The lowest BCUT2D eigenvalue weighted by Crippen LogP contribution is -2.23. The van der Waals surface area contributed by atoms with Crippen LogP contribution in [-0.4, -0.2) is 19.1 Å². The average Bonchev–Trinajstić information content (AvgIpc) is 2.37. The van der Waals surface area contributed by atoms with Gasteiger partial charge in [0.05, 0.1) is 0 Å². The number of H-pyrrole nitrogens is 1. The Balaban J connectivity index is 3.11. The number of aryl methyl sites for hydroxylation is 1. The van der Waals surface area contributed by atoms with E-state index in [4.69, 9.17) is 18.0 Å². The first-order chi connectivity index (χ1) is 7.73. The molecular weight excluding hydrogens is 238 g/mol. The summed E-state index contributed by atoms with van der Waals surface area (Å²) < 4.78 is 4.04. The maximum absolute atomic E-state index is 11.9. The van der Waals surface area contributed by atoms with Crippen LogP contribution in [0.2, 0.25) is 0 Å². The van der Waals surface area contributed by atoms with Gasteiger partial charge in [0.2, 0.25) is 5.95 Å². The van der Waals surface area contributed by atoms with Gasteiger partial charge in [0, 0.05) is 12.6 Å². The number of hydrogen-bond acceptors (Lipinski definition) is 4. The molecule has 2 aromatic rings. The lowest BCUT2D eigenvalue weighted by molar-refractivity contribution is 0.398. The van der Waals surface area contributed by atoms with E-state index < -0.39 is 0 Å². The van der Waals surface area contributed by atoms with Crippen LogP contribution in [0.25, 0.3) is 11.2 Å². The zero-order chi connectivity index (χ0) is 13.0. The Labute approximate surface area is 103 Å². The van der Waals surface area contributed by atoms with Gasteiger partial charge in [0.15, 0.2) is 15.9 Å². The number of aromatic nitrogens is 4. The minimum absolute atomic E-state index is 0.0982. The summed E-state index contributed by atoms with van der Waals surface area (Å²) in [5.74, 6) is 0.0982. The van der Waals surface area contributed by atoms with Crippen molar-refractivity contribution in [2.75, 3.05) is 5.73 Å². The van der Waals surface area contributed by atoms with E-state index in [2.05, 4.69) is 9.97 Å². The largest absolute Gasteiger partial charge is 0.369 e. The molecule has 0 aliphatic heterocycles. The van der Waals surface area contributed by atoms with Crippen molar-refractivity contribution in [3.63, 3.8) is 0 Å². The molecule has 2 heterocycles. The van der Waals surface area contributed by atoms with Gasteiger partial charge in [-0.3, -0.25) is 14.3 Å². The fraction of sp³-hybridized carbons (Fsp3) is 0.500. The van der Waals surface area contributed by atoms with Crippen LogP contribution >= 0.6 is 12.2 Å². The molecule has 3 N–H and O–H groups in total. The van der Waals surface area contributed by atoms with Crippen LogP contribution in [-0.2, 0) is 12.6 Å². The smallest absolute Gasteiger partial charge is 0.278 e. The second kappa shape index (κ2) is 3.43. The summed E-state index contributed by atoms with van der Waals surface area (Å²) in [6.45, 7) is 6.00. The van der Waals surface area contributed by atoms with Crippen molar-refractivity contribution < 1.29 is 0 Å². The van der Waals surface area contributed by atoms with Gasteiger partial charge in [-0.1, -0.05) is 0 Å². The maximum Gasteiger partial charge on any atom is 0.278 e. The summed E-state index contributed by atoms with van der Waals surface area (Å²) in [6.07, 6.45) is 0. The number of nitrogens with one attached hydrogen (secondary N) is 1. The highest BCUT2D eigenvalue weighted by Crippen LogP contribution is 2.21. The van der Waals surface area contributed by atoms with E-state index >= 15 is 0 Å². The number of aromatic amines is 1. The minimum Gasteiger partial charge on any atom is -0.369 e. The van der Waals surface area contributed by atoms with Crippen molar-refractivity contribution in [1.29, 1.82) is 0 Å². The SMILES string of the molecule is Cn1c(=S)n(C(C)(C)C)c2nc(N)[nH]c(=O)c21. The van der Waals surface area contributed by atoms with Crippen molar-refractivity contribution in [1.82, 2.24) is 19.1 Å². The summed E-state index contributed by atoms with van der Waals surface area (Å²) in [5.41, 5.74) is 6.00. The molecule has 0 fully saturated rings. The number of anilines is 1. The molecule has 17 heavy (non-hydrogen) atoms. The molecule has 2 aromatic heterocycles. The lowest BCUT2D eigenvalue weighted by atomic mass is 10.1. The highest BCUT2D eigenvalue weighted by atomic mass is 32.1. The van der Waals surface area contributed by atoms with E-state index in [9.17, 15) is 4.79 Å². The van der Waals surface area contributed by atoms with Crippen LogP contribution in [0.3, 0.4) is 0 Å². The molecule has 0 atom stereocenters. The van der Waals surface area contributed by atoms with Crippen LogP contribution < -0.4 is 11.3 Å². The fourth-order valence-corrected chi connectivity index (χ4v) is 2.32. The minimum atomic E-state index is -0.274. The number of nitrogen functional groups attached to an aromatic ring is 1. The lowest BCUT2D eigenvalue weighted by Gasteiger charge is -2.21. The molecule has 92 valence electrons. The maximum atomic E-state index is 11.9. The van der Waals surface area contributed by atoms with Gasteiger partial charge in [-0.15, -0.1) is 0 Å². The molecule has 0 radical (unpaired) electrons. The van der Waals surface area contributed by atoms with Gasteiger partial charge >= 0.3 is 0 Å². The summed E-state index contributed by atoms with van der Waals surface area (Å²) in [7, 11) is 1.75. The third-order valence-electron chi connectivity index (χ3n) is 2.59. The Morgan fingerprint density at radius 1 is 1.41 bits per heavy atom. The molecule has 0 amide bonds. The van der Waals surface area contributed by atoms with Crippen LogP contribution in [0.5, 0.6) is 0 Å².